The van der Waals surface area contributed by atoms with Crippen molar-refractivity contribution in [2.75, 3.05) is 0 Å². The van der Waals surface area contributed by atoms with E-state index in [4.69, 9.17) is 0 Å². The molecule has 0 unspecified atom stereocenters. The number of aromatic nitrogens is 3. The van der Waals surface area contributed by atoms with E-state index in [2.05, 4.69) is 15.4 Å². The van der Waals surface area contributed by atoms with Crippen LogP contribution < -0.4 is 5.32 Å². The average molecular weight is 326 g/mol. The van der Waals surface area contributed by atoms with Crippen LogP contribution in [0.1, 0.15) is 23.5 Å². The third-order valence-electron chi connectivity index (χ3n) is 3.49. The molecule has 1 aromatic carbocycles. The molecule has 6 heteroatoms. The Morgan fingerprint density at radius 3 is 2.78 bits per heavy atom. The van der Waals surface area contributed by atoms with Crippen molar-refractivity contribution < 1.29 is 4.79 Å². The van der Waals surface area contributed by atoms with Crippen molar-refractivity contribution in [3.63, 3.8) is 0 Å². The van der Waals surface area contributed by atoms with Gasteiger partial charge in [0.15, 0.2) is 0 Å². The molecule has 3 aromatic rings. The minimum Gasteiger partial charge on any atom is -0.347 e. The Kier molecular flexibility index (Phi) is 4.52. The van der Waals surface area contributed by atoms with Crippen LogP contribution >= 0.6 is 11.3 Å². The molecule has 0 saturated carbocycles. The maximum absolute atomic E-state index is 12.1. The van der Waals surface area contributed by atoms with Crippen molar-refractivity contribution in [2.45, 2.75) is 26.4 Å². The molecule has 0 radical (unpaired) electrons. The lowest BCUT2D eigenvalue weighted by Crippen LogP contribution is -2.30. The molecule has 0 bridgehead atoms. The van der Waals surface area contributed by atoms with Crippen molar-refractivity contribution in [1.29, 1.82) is 0 Å². The van der Waals surface area contributed by atoms with Crippen LogP contribution in [0.25, 0.3) is 10.6 Å². The Hall–Kier alpha value is -2.47. The summed E-state index contributed by atoms with van der Waals surface area (Å²) >= 11 is 1.62. The summed E-state index contributed by atoms with van der Waals surface area (Å²) < 4.78 is 1.61. The fourth-order valence-corrected chi connectivity index (χ4v) is 3.48. The summed E-state index contributed by atoms with van der Waals surface area (Å²) in [6.07, 6.45) is 3.44. The molecule has 0 saturated heterocycles. The van der Waals surface area contributed by atoms with Gasteiger partial charge in [0.05, 0.1) is 16.6 Å². The zero-order valence-electron chi connectivity index (χ0n) is 13.1. The van der Waals surface area contributed by atoms with Crippen LogP contribution in [0.15, 0.2) is 48.8 Å². The SMILES string of the molecule is Cc1nc(-c2ccccc2)sc1[C@H](C)NC(=O)Cn1cccn1. The number of hydrogen-bond donors (Lipinski definition) is 1. The van der Waals surface area contributed by atoms with Crippen LogP contribution in [-0.4, -0.2) is 20.7 Å². The molecule has 2 aromatic heterocycles. The van der Waals surface area contributed by atoms with Gasteiger partial charge in [0.2, 0.25) is 5.91 Å². The van der Waals surface area contributed by atoms with Gasteiger partial charge in [-0.2, -0.15) is 5.10 Å². The summed E-state index contributed by atoms with van der Waals surface area (Å²) in [5.74, 6) is -0.0599. The quantitative estimate of drug-likeness (QED) is 0.783. The van der Waals surface area contributed by atoms with Crippen molar-refractivity contribution in [3.05, 3.63) is 59.4 Å². The molecule has 0 fully saturated rings. The highest BCUT2D eigenvalue weighted by atomic mass is 32.1. The Bertz CT molecular complexity index is 780. The van der Waals surface area contributed by atoms with Gasteiger partial charge in [-0.15, -0.1) is 11.3 Å². The summed E-state index contributed by atoms with van der Waals surface area (Å²) in [5.41, 5.74) is 2.06. The molecule has 0 aliphatic carbocycles. The van der Waals surface area contributed by atoms with Gasteiger partial charge in [-0.3, -0.25) is 9.48 Å². The largest absolute Gasteiger partial charge is 0.347 e. The van der Waals surface area contributed by atoms with E-state index in [9.17, 15) is 4.79 Å². The summed E-state index contributed by atoms with van der Waals surface area (Å²) in [7, 11) is 0. The number of benzene rings is 1. The predicted octanol–water partition coefficient (Wildman–Crippen LogP) is 3.19. The summed E-state index contributed by atoms with van der Waals surface area (Å²) in [4.78, 5) is 17.8. The number of aryl methyl sites for hydroxylation is 1. The van der Waals surface area contributed by atoms with Crippen molar-refractivity contribution in [3.8, 4) is 10.6 Å². The van der Waals surface area contributed by atoms with Gasteiger partial charge < -0.3 is 5.32 Å². The normalized spacial score (nSPS) is 12.1. The van der Waals surface area contributed by atoms with Crippen LogP contribution in [-0.2, 0) is 11.3 Å². The Morgan fingerprint density at radius 1 is 1.30 bits per heavy atom. The fraction of sp³-hybridized carbons (Fsp3) is 0.235. The molecule has 23 heavy (non-hydrogen) atoms. The third-order valence-corrected chi connectivity index (χ3v) is 4.88. The van der Waals surface area contributed by atoms with Gasteiger partial charge in [0.1, 0.15) is 11.6 Å². The molecule has 1 amide bonds. The highest BCUT2D eigenvalue weighted by molar-refractivity contribution is 7.15. The van der Waals surface area contributed by atoms with Gasteiger partial charge >= 0.3 is 0 Å². The lowest BCUT2D eigenvalue weighted by Gasteiger charge is -2.12. The first-order chi connectivity index (χ1) is 11.1. The molecule has 2 heterocycles. The number of nitrogens with one attached hydrogen (secondary N) is 1. The van der Waals surface area contributed by atoms with Crippen LogP contribution in [0.2, 0.25) is 0 Å². The van der Waals surface area contributed by atoms with Gasteiger partial charge in [0.25, 0.3) is 0 Å². The van der Waals surface area contributed by atoms with E-state index in [1.807, 2.05) is 44.2 Å². The first-order valence-electron chi connectivity index (χ1n) is 7.43. The van der Waals surface area contributed by atoms with E-state index < -0.39 is 0 Å². The Labute approximate surface area is 139 Å². The van der Waals surface area contributed by atoms with E-state index in [0.717, 1.165) is 21.1 Å². The van der Waals surface area contributed by atoms with Crippen LogP contribution in [0.5, 0.6) is 0 Å². The number of carbonyl (C=O) groups is 1. The summed E-state index contributed by atoms with van der Waals surface area (Å²) in [6, 6.07) is 11.8. The zero-order chi connectivity index (χ0) is 16.2. The molecule has 5 nitrogen and oxygen atoms in total. The van der Waals surface area contributed by atoms with E-state index in [1.165, 1.54) is 0 Å². The van der Waals surface area contributed by atoms with Crippen LogP contribution in [0, 0.1) is 6.92 Å². The lowest BCUT2D eigenvalue weighted by molar-refractivity contribution is -0.122. The first-order valence-corrected chi connectivity index (χ1v) is 8.24. The fourth-order valence-electron chi connectivity index (χ4n) is 2.41. The van der Waals surface area contributed by atoms with Gasteiger partial charge in [-0.25, -0.2) is 4.98 Å². The van der Waals surface area contributed by atoms with Gasteiger partial charge in [0, 0.05) is 18.0 Å². The van der Waals surface area contributed by atoms with Crippen molar-refractivity contribution >= 4 is 17.2 Å². The standard InChI is InChI=1S/C17H18N4OS/c1-12(19-15(22)11-21-10-6-9-18-21)16-13(2)20-17(23-16)14-7-4-3-5-8-14/h3-10,12H,11H2,1-2H3,(H,19,22)/t12-/m0/s1. The number of carbonyl (C=O) groups excluding carboxylic acids is 1. The van der Waals surface area contributed by atoms with E-state index in [-0.39, 0.29) is 18.5 Å². The monoisotopic (exact) mass is 326 g/mol. The second kappa shape index (κ2) is 6.75. The third kappa shape index (κ3) is 3.65. The molecular formula is C17H18N4OS. The summed E-state index contributed by atoms with van der Waals surface area (Å²) in [6.45, 7) is 4.19. The minimum absolute atomic E-state index is 0.0599. The van der Waals surface area contributed by atoms with Crippen LogP contribution in [0.4, 0.5) is 0 Å². The molecule has 1 N–H and O–H groups in total. The number of hydrogen-bond acceptors (Lipinski definition) is 4. The molecule has 0 aliphatic heterocycles. The second-order valence-electron chi connectivity index (χ2n) is 5.33. The first kappa shape index (κ1) is 15.4. The van der Waals surface area contributed by atoms with Gasteiger partial charge in [-0.05, 0) is 19.9 Å². The molecule has 1 atom stereocenters. The van der Waals surface area contributed by atoms with Gasteiger partial charge in [-0.1, -0.05) is 30.3 Å². The Morgan fingerprint density at radius 2 is 2.09 bits per heavy atom. The van der Waals surface area contributed by atoms with E-state index in [1.54, 1.807) is 34.5 Å². The second-order valence-corrected chi connectivity index (χ2v) is 6.36. The topological polar surface area (TPSA) is 59.8 Å². The maximum atomic E-state index is 12.1. The summed E-state index contributed by atoms with van der Waals surface area (Å²) in [5, 5.41) is 8.03. The number of nitrogens with zero attached hydrogens (tertiary/aromatic N) is 3. The number of rotatable bonds is 5. The van der Waals surface area contributed by atoms with E-state index >= 15 is 0 Å². The molecule has 3 rings (SSSR count). The van der Waals surface area contributed by atoms with Crippen LogP contribution in [0.3, 0.4) is 0 Å². The zero-order valence-corrected chi connectivity index (χ0v) is 13.9. The Balaban J connectivity index is 1.71. The minimum atomic E-state index is -0.0759. The van der Waals surface area contributed by atoms with Crippen molar-refractivity contribution in [1.82, 2.24) is 20.1 Å². The molecule has 0 aliphatic rings. The molecular weight excluding hydrogens is 308 g/mol. The number of thiazole rings is 1. The molecule has 118 valence electrons. The number of amides is 1. The molecule has 0 spiro atoms. The maximum Gasteiger partial charge on any atom is 0.242 e. The highest BCUT2D eigenvalue weighted by Crippen LogP contribution is 2.31. The average Bonchev–Trinajstić information content (AvgIpc) is 3.17. The lowest BCUT2D eigenvalue weighted by atomic mass is 10.2. The van der Waals surface area contributed by atoms with E-state index in [0.29, 0.717) is 0 Å². The smallest absolute Gasteiger partial charge is 0.242 e. The predicted molar refractivity (Wildman–Crippen MR) is 91.1 cm³/mol. The van der Waals surface area contributed by atoms with Crippen molar-refractivity contribution in [2.24, 2.45) is 0 Å². The highest BCUT2D eigenvalue weighted by Gasteiger charge is 2.17.